The predicted octanol–water partition coefficient (Wildman–Crippen LogP) is 1.13. The normalized spacial score (nSPS) is 15.3. The second kappa shape index (κ2) is 6.99. The fraction of sp³-hybridized carbons (Fsp3) is 0.400. The minimum atomic E-state index is -0.0549. The van der Waals surface area contributed by atoms with E-state index in [1.54, 1.807) is 37.8 Å². The highest BCUT2D eigenvalue weighted by molar-refractivity contribution is 5.91. The van der Waals surface area contributed by atoms with Gasteiger partial charge in [-0.3, -0.25) is 10.1 Å². The summed E-state index contributed by atoms with van der Waals surface area (Å²) >= 11 is 0. The Bertz CT molecular complexity index is 658. The number of hydrogen-bond acceptors (Lipinski definition) is 7. The second-order valence-corrected chi connectivity index (χ2v) is 5.22. The van der Waals surface area contributed by atoms with Crippen LogP contribution >= 0.6 is 0 Å². The third kappa shape index (κ3) is 3.71. The summed E-state index contributed by atoms with van der Waals surface area (Å²) in [5, 5.41) is 2.75. The van der Waals surface area contributed by atoms with Crippen LogP contribution in [-0.4, -0.2) is 46.0 Å². The average molecular weight is 314 g/mol. The summed E-state index contributed by atoms with van der Waals surface area (Å²) in [6.45, 7) is 1.45. The Morgan fingerprint density at radius 1 is 1.22 bits per heavy atom. The van der Waals surface area contributed by atoms with Gasteiger partial charge in [-0.05, 0) is 18.9 Å². The molecule has 0 aliphatic carbocycles. The molecule has 0 radical (unpaired) electrons. The van der Waals surface area contributed by atoms with E-state index in [9.17, 15) is 4.79 Å². The number of methoxy groups -OCH3 is 1. The minimum absolute atomic E-state index is 0.0394. The molecule has 120 valence electrons. The van der Waals surface area contributed by atoms with E-state index < -0.39 is 0 Å². The number of anilines is 2. The van der Waals surface area contributed by atoms with Crippen molar-refractivity contribution in [2.24, 2.45) is 5.92 Å². The Balaban J connectivity index is 1.56. The van der Waals surface area contributed by atoms with E-state index in [0.29, 0.717) is 17.8 Å². The van der Waals surface area contributed by atoms with E-state index >= 15 is 0 Å². The zero-order valence-corrected chi connectivity index (χ0v) is 12.8. The van der Waals surface area contributed by atoms with Crippen LogP contribution < -0.4 is 15.0 Å². The van der Waals surface area contributed by atoms with Crippen molar-refractivity contribution in [2.45, 2.75) is 12.8 Å². The lowest BCUT2D eigenvalue weighted by molar-refractivity contribution is -0.120. The quantitative estimate of drug-likeness (QED) is 0.904. The number of nitrogens with one attached hydrogen (secondary N) is 1. The molecule has 1 aliphatic rings. The lowest BCUT2D eigenvalue weighted by atomic mass is 9.96. The Morgan fingerprint density at radius 3 is 2.65 bits per heavy atom. The first kappa shape index (κ1) is 15.1. The van der Waals surface area contributed by atoms with Gasteiger partial charge in [-0.25, -0.2) is 15.0 Å². The van der Waals surface area contributed by atoms with Crippen LogP contribution in [0.15, 0.2) is 30.7 Å². The first-order chi connectivity index (χ1) is 11.3. The highest BCUT2D eigenvalue weighted by atomic mass is 16.5. The predicted molar refractivity (Wildman–Crippen MR) is 84.2 cm³/mol. The molecule has 0 aromatic carbocycles. The average Bonchev–Trinajstić information content (AvgIpc) is 2.63. The van der Waals surface area contributed by atoms with Gasteiger partial charge in [0.2, 0.25) is 23.7 Å². The molecule has 0 saturated carbocycles. The number of ether oxygens (including phenoxy) is 1. The molecule has 1 N–H and O–H groups in total. The second-order valence-electron chi connectivity index (χ2n) is 5.22. The molecular formula is C15H18N6O2. The number of amides is 1. The van der Waals surface area contributed by atoms with Crippen LogP contribution in [0.2, 0.25) is 0 Å². The molecule has 0 bridgehead atoms. The fourth-order valence-electron chi connectivity index (χ4n) is 2.52. The molecule has 0 unspecified atom stereocenters. The van der Waals surface area contributed by atoms with Gasteiger partial charge in [-0.2, -0.15) is 4.98 Å². The molecule has 2 aromatic heterocycles. The molecule has 8 nitrogen and oxygen atoms in total. The number of nitrogens with zero attached hydrogens (tertiary/aromatic N) is 5. The van der Waals surface area contributed by atoms with Gasteiger partial charge in [0.1, 0.15) is 0 Å². The van der Waals surface area contributed by atoms with E-state index in [-0.39, 0.29) is 11.8 Å². The maximum absolute atomic E-state index is 12.3. The van der Waals surface area contributed by atoms with Crippen molar-refractivity contribution in [2.75, 3.05) is 30.4 Å². The topological polar surface area (TPSA) is 93.1 Å². The molecule has 3 heterocycles. The maximum Gasteiger partial charge on any atom is 0.229 e. The summed E-state index contributed by atoms with van der Waals surface area (Å²) in [6, 6.07) is 3.42. The zero-order chi connectivity index (χ0) is 16.1. The van der Waals surface area contributed by atoms with E-state index in [4.69, 9.17) is 4.74 Å². The Morgan fingerprint density at radius 2 is 1.96 bits per heavy atom. The van der Waals surface area contributed by atoms with Crippen LogP contribution in [0.1, 0.15) is 12.8 Å². The molecule has 0 atom stereocenters. The third-order valence-corrected chi connectivity index (χ3v) is 3.78. The molecule has 1 fully saturated rings. The van der Waals surface area contributed by atoms with Crippen molar-refractivity contribution in [1.82, 2.24) is 19.9 Å². The molecule has 2 aromatic rings. The summed E-state index contributed by atoms with van der Waals surface area (Å²) in [4.78, 5) is 30.9. The van der Waals surface area contributed by atoms with Gasteiger partial charge >= 0.3 is 0 Å². The Labute approximate surface area is 134 Å². The van der Waals surface area contributed by atoms with Gasteiger partial charge in [-0.1, -0.05) is 0 Å². The van der Waals surface area contributed by atoms with Crippen LogP contribution in [0.5, 0.6) is 5.88 Å². The van der Waals surface area contributed by atoms with Crippen molar-refractivity contribution in [1.29, 1.82) is 0 Å². The van der Waals surface area contributed by atoms with Gasteiger partial charge in [0, 0.05) is 43.7 Å². The van der Waals surface area contributed by atoms with Crippen molar-refractivity contribution in [3.63, 3.8) is 0 Å². The molecular weight excluding hydrogens is 296 g/mol. The Hall–Kier alpha value is -2.77. The smallest absolute Gasteiger partial charge is 0.229 e. The van der Waals surface area contributed by atoms with Gasteiger partial charge in [-0.15, -0.1) is 0 Å². The standard InChI is InChI=1S/C15H18N6O2/c1-23-12-3-8-18-15(19-12)21-9-4-11(5-10-21)13(22)20-14-16-6-2-7-17-14/h2-3,6-8,11H,4-5,9-10H2,1H3,(H,16,17,20,22). The van der Waals surface area contributed by atoms with Crippen molar-refractivity contribution < 1.29 is 9.53 Å². The van der Waals surface area contributed by atoms with Crippen molar-refractivity contribution in [3.05, 3.63) is 30.7 Å². The first-order valence-electron chi connectivity index (χ1n) is 7.46. The number of carbonyl (C=O) groups excluding carboxylic acids is 1. The van der Waals surface area contributed by atoms with Crippen LogP contribution in [-0.2, 0) is 4.79 Å². The first-order valence-corrected chi connectivity index (χ1v) is 7.46. The Kier molecular flexibility index (Phi) is 4.60. The highest BCUT2D eigenvalue weighted by Gasteiger charge is 2.26. The van der Waals surface area contributed by atoms with E-state index in [0.717, 1.165) is 25.9 Å². The summed E-state index contributed by atoms with van der Waals surface area (Å²) in [5.74, 6) is 1.42. The largest absolute Gasteiger partial charge is 0.481 e. The monoisotopic (exact) mass is 314 g/mol. The number of rotatable bonds is 4. The van der Waals surface area contributed by atoms with Crippen LogP contribution in [0.3, 0.4) is 0 Å². The van der Waals surface area contributed by atoms with E-state index in [1.165, 1.54) is 0 Å². The SMILES string of the molecule is COc1ccnc(N2CCC(C(=O)Nc3ncccn3)CC2)n1. The minimum Gasteiger partial charge on any atom is -0.481 e. The number of carbonyl (C=O) groups is 1. The maximum atomic E-state index is 12.3. The molecule has 8 heteroatoms. The summed E-state index contributed by atoms with van der Waals surface area (Å²) in [7, 11) is 1.58. The third-order valence-electron chi connectivity index (χ3n) is 3.78. The highest BCUT2D eigenvalue weighted by Crippen LogP contribution is 2.22. The van der Waals surface area contributed by atoms with Crippen LogP contribution in [0.25, 0.3) is 0 Å². The molecule has 3 rings (SSSR count). The summed E-state index contributed by atoms with van der Waals surface area (Å²) in [6.07, 6.45) is 6.35. The number of hydrogen-bond donors (Lipinski definition) is 1. The fourth-order valence-corrected chi connectivity index (χ4v) is 2.52. The lowest BCUT2D eigenvalue weighted by Gasteiger charge is -2.31. The van der Waals surface area contributed by atoms with Crippen LogP contribution in [0.4, 0.5) is 11.9 Å². The van der Waals surface area contributed by atoms with Crippen LogP contribution in [0, 0.1) is 5.92 Å². The van der Waals surface area contributed by atoms with Gasteiger partial charge < -0.3 is 9.64 Å². The zero-order valence-electron chi connectivity index (χ0n) is 12.8. The van der Waals surface area contributed by atoms with E-state index in [2.05, 4.69) is 30.2 Å². The van der Waals surface area contributed by atoms with E-state index in [1.807, 2.05) is 0 Å². The molecule has 23 heavy (non-hydrogen) atoms. The molecule has 0 spiro atoms. The lowest BCUT2D eigenvalue weighted by Crippen LogP contribution is -2.39. The summed E-state index contributed by atoms with van der Waals surface area (Å²) in [5.41, 5.74) is 0. The van der Waals surface area contributed by atoms with Gasteiger partial charge in [0.15, 0.2) is 0 Å². The molecule has 1 saturated heterocycles. The number of aromatic nitrogens is 4. The molecule has 1 aliphatic heterocycles. The van der Waals surface area contributed by atoms with Crippen molar-refractivity contribution >= 4 is 17.8 Å². The number of piperidine rings is 1. The van der Waals surface area contributed by atoms with Crippen molar-refractivity contribution in [3.8, 4) is 5.88 Å². The van der Waals surface area contributed by atoms with Gasteiger partial charge in [0.05, 0.1) is 7.11 Å². The van der Waals surface area contributed by atoms with Gasteiger partial charge in [0.25, 0.3) is 0 Å². The summed E-state index contributed by atoms with van der Waals surface area (Å²) < 4.78 is 5.12. The molecule has 1 amide bonds.